The van der Waals surface area contributed by atoms with Crippen molar-refractivity contribution >= 4 is 17.8 Å². The van der Waals surface area contributed by atoms with Crippen LogP contribution in [0.2, 0.25) is 0 Å². The van der Waals surface area contributed by atoms with E-state index in [1.54, 1.807) is 26.0 Å². The summed E-state index contributed by atoms with van der Waals surface area (Å²) in [5.74, 6) is 2.42. The molecule has 110 valence electrons. The van der Waals surface area contributed by atoms with Crippen LogP contribution < -0.4 is 14.8 Å². The minimum Gasteiger partial charge on any atom is -0.497 e. The highest BCUT2D eigenvalue weighted by molar-refractivity contribution is 7.99. The zero-order valence-corrected chi connectivity index (χ0v) is 12.8. The molecule has 1 unspecified atom stereocenters. The van der Waals surface area contributed by atoms with E-state index in [1.165, 1.54) is 0 Å². The third kappa shape index (κ3) is 2.95. The normalized spacial score (nSPS) is 17.9. The first-order valence-electron chi connectivity index (χ1n) is 6.59. The summed E-state index contributed by atoms with van der Waals surface area (Å²) in [5, 5.41) is 2.84. The summed E-state index contributed by atoms with van der Waals surface area (Å²) in [4.78, 5) is 13.9. The first-order valence-corrected chi connectivity index (χ1v) is 7.64. The number of rotatable bonds is 4. The molecule has 2 amide bonds. The van der Waals surface area contributed by atoms with Gasteiger partial charge in [-0.3, -0.25) is 0 Å². The Morgan fingerprint density at radius 2 is 2.25 bits per heavy atom. The van der Waals surface area contributed by atoms with Crippen molar-refractivity contribution in [1.29, 1.82) is 0 Å². The van der Waals surface area contributed by atoms with Crippen molar-refractivity contribution < 1.29 is 14.3 Å². The first-order chi connectivity index (χ1) is 9.71. The van der Waals surface area contributed by atoms with Gasteiger partial charge in [0.1, 0.15) is 16.9 Å². The van der Waals surface area contributed by atoms with Gasteiger partial charge in [-0.1, -0.05) is 0 Å². The number of benzene rings is 1. The van der Waals surface area contributed by atoms with Gasteiger partial charge in [0.05, 0.1) is 14.2 Å². The molecular weight excluding hydrogens is 276 g/mol. The molecule has 0 saturated carbocycles. The first kappa shape index (κ1) is 14.8. The number of amides is 2. The van der Waals surface area contributed by atoms with E-state index in [0.717, 1.165) is 29.4 Å². The molecule has 0 radical (unpaired) electrons. The topological polar surface area (TPSA) is 50.8 Å². The Morgan fingerprint density at radius 1 is 1.45 bits per heavy atom. The fourth-order valence-corrected chi connectivity index (χ4v) is 3.49. The Balaban J connectivity index is 2.27. The van der Waals surface area contributed by atoms with Crippen molar-refractivity contribution in [1.82, 2.24) is 10.2 Å². The van der Waals surface area contributed by atoms with Gasteiger partial charge in [-0.25, -0.2) is 4.79 Å². The van der Waals surface area contributed by atoms with Crippen LogP contribution in [0.5, 0.6) is 11.5 Å². The molecule has 1 saturated heterocycles. The Bertz CT molecular complexity index is 481. The van der Waals surface area contributed by atoms with Gasteiger partial charge in [-0.2, -0.15) is 0 Å². The van der Waals surface area contributed by atoms with Gasteiger partial charge < -0.3 is 19.7 Å². The molecule has 5 nitrogen and oxygen atoms in total. The lowest BCUT2D eigenvalue weighted by Gasteiger charge is -2.25. The third-order valence-electron chi connectivity index (χ3n) is 3.19. The standard InChI is InChI=1S/C14H20N2O3S/c1-4-15-14(17)16-7-8-20-13(16)11-6-5-10(18-2)9-12(11)19-3/h5-6,9,13H,4,7-8H2,1-3H3,(H,15,17). The maximum atomic E-state index is 12.1. The van der Waals surface area contributed by atoms with Crippen molar-refractivity contribution in [3.63, 3.8) is 0 Å². The molecule has 1 N–H and O–H groups in total. The number of carbonyl (C=O) groups excluding carboxylic acids is 1. The minimum absolute atomic E-state index is 0.0117. The molecule has 0 aliphatic carbocycles. The molecule has 1 heterocycles. The number of nitrogens with one attached hydrogen (secondary N) is 1. The fourth-order valence-electron chi connectivity index (χ4n) is 2.21. The fraction of sp³-hybridized carbons (Fsp3) is 0.500. The largest absolute Gasteiger partial charge is 0.497 e. The molecule has 2 rings (SSSR count). The second-order valence-corrected chi connectivity index (χ2v) is 5.55. The SMILES string of the molecule is CCNC(=O)N1CCSC1c1ccc(OC)cc1OC. The molecule has 0 spiro atoms. The summed E-state index contributed by atoms with van der Waals surface area (Å²) in [7, 11) is 3.26. The number of methoxy groups -OCH3 is 2. The molecule has 1 aromatic rings. The number of ether oxygens (including phenoxy) is 2. The van der Waals surface area contributed by atoms with Gasteiger partial charge in [0, 0.05) is 30.5 Å². The van der Waals surface area contributed by atoms with Crippen LogP contribution >= 0.6 is 11.8 Å². The van der Waals surface area contributed by atoms with Gasteiger partial charge in [0.2, 0.25) is 0 Å². The number of hydrogen-bond acceptors (Lipinski definition) is 4. The minimum atomic E-state index is -0.0274. The second-order valence-electron chi connectivity index (χ2n) is 4.36. The zero-order valence-electron chi connectivity index (χ0n) is 12.0. The van der Waals surface area contributed by atoms with Crippen molar-refractivity contribution in [3.8, 4) is 11.5 Å². The summed E-state index contributed by atoms with van der Waals surface area (Å²) in [5.41, 5.74) is 1.00. The molecule has 20 heavy (non-hydrogen) atoms. The number of hydrogen-bond donors (Lipinski definition) is 1. The highest BCUT2D eigenvalue weighted by atomic mass is 32.2. The van der Waals surface area contributed by atoms with E-state index < -0.39 is 0 Å². The lowest BCUT2D eigenvalue weighted by Crippen LogP contribution is -2.39. The number of nitrogens with zero attached hydrogens (tertiary/aromatic N) is 1. The van der Waals surface area contributed by atoms with Crippen LogP contribution in [-0.4, -0.2) is 44.0 Å². The molecule has 1 aromatic carbocycles. The van der Waals surface area contributed by atoms with Crippen LogP contribution in [0.1, 0.15) is 17.9 Å². The van der Waals surface area contributed by atoms with E-state index in [1.807, 2.05) is 30.0 Å². The van der Waals surface area contributed by atoms with E-state index in [4.69, 9.17) is 9.47 Å². The van der Waals surface area contributed by atoms with Crippen LogP contribution in [0.4, 0.5) is 4.79 Å². The van der Waals surface area contributed by atoms with Crippen LogP contribution in [0.15, 0.2) is 18.2 Å². The van der Waals surface area contributed by atoms with E-state index in [0.29, 0.717) is 6.54 Å². The summed E-state index contributed by atoms with van der Waals surface area (Å²) in [6, 6.07) is 5.68. The summed E-state index contributed by atoms with van der Waals surface area (Å²) < 4.78 is 10.6. The molecule has 1 fully saturated rings. The molecular formula is C14H20N2O3S. The molecule has 1 aliphatic heterocycles. The Morgan fingerprint density at radius 3 is 2.90 bits per heavy atom. The van der Waals surface area contributed by atoms with Crippen LogP contribution in [0.3, 0.4) is 0 Å². The maximum Gasteiger partial charge on any atom is 0.318 e. The second kappa shape index (κ2) is 6.74. The van der Waals surface area contributed by atoms with Gasteiger partial charge in [0.25, 0.3) is 0 Å². The van der Waals surface area contributed by atoms with Gasteiger partial charge >= 0.3 is 6.03 Å². The lowest BCUT2D eigenvalue weighted by molar-refractivity contribution is 0.200. The third-order valence-corrected chi connectivity index (χ3v) is 4.43. The average molecular weight is 296 g/mol. The molecule has 1 atom stereocenters. The predicted octanol–water partition coefficient (Wildman–Crippen LogP) is 2.48. The lowest BCUT2D eigenvalue weighted by atomic mass is 10.1. The summed E-state index contributed by atoms with van der Waals surface area (Å²) >= 11 is 1.75. The van der Waals surface area contributed by atoms with Gasteiger partial charge in [-0.05, 0) is 19.1 Å². The molecule has 0 aromatic heterocycles. The summed E-state index contributed by atoms with van der Waals surface area (Å²) in [6.07, 6.45) is 0. The maximum absolute atomic E-state index is 12.1. The Kier molecular flexibility index (Phi) is 5.00. The predicted molar refractivity (Wildman–Crippen MR) is 80.5 cm³/mol. The van der Waals surface area contributed by atoms with E-state index in [2.05, 4.69) is 5.32 Å². The van der Waals surface area contributed by atoms with Gasteiger partial charge in [0.15, 0.2) is 0 Å². The van der Waals surface area contributed by atoms with E-state index in [9.17, 15) is 4.79 Å². The molecule has 1 aliphatic rings. The Hall–Kier alpha value is -1.56. The number of thioether (sulfide) groups is 1. The van der Waals surface area contributed by atoms with Crippen molar-refractivity contribution in [2.24, 2.45) is 0 Å². The molecule has 6 heteroatoms. The zero-order chi connectivity index (χ0) is 14.5. The number of urea groups is 1. The smallest absolute Gasteiger partial charge is 0.318 e. The van der Waals surface area contributed by atoms with Gasteiger partial charge in [-0.15, -0.1) is 11.8 Å². The quantitative estimate of drug-likeness (QED) is 0.927. The summed E-state index contributed by atoms with van der Waals surface area (Å²) in [6.45, 7) is 3.30. The van der Waals surface area contributed by atoms with E-state index >= 15 is 0 Å². The Labute approximate surface area is 123 Å². The van der Waals surface area contributed by atoms with Crippen molar-refractivity contribution in [2.75, 3.05) is 33.1 Å². The van der Waals surface area contributed by atoms with Crippen LogP contribution in [0, 0.1) is 0 Å². The molecule has 0 bridgehead atoms. The van der Waals surface area contributed by atoms with E-state index in [-0.39, 0.29) is 11.4 Å². The highest BCUT2D eigenvalue weighted by Gasteiger charge is 2.32. The monoisotopic (exact) mass is 296 g/mol. The highest BCUT2D eigenvalue weighted by Crippen LogP contribution is 2.42. The average Bonchev–Trinajstić information content (AvgIpc) is 2.96. The van der Waals surface area contributed by atoms with Crippen molar-refractivity contribution in [3.05, 3.63) is 23.8 Å². The van der Waals surface area contributed by atoms with Crippen LogP contribution in [-0.2, 0) is 0 Å². The van der Waals surface area contributed by atoms with Crippen molar-refractivity contribution in [2.45, 2.75) is 12.3 Å². The van der Waals surface area contributed by atoms with Crippen LogP contribution in [0.25, 0.3) is 0 Å². The number of carbonyl (C=O) groups is 1.